The molecule has 2 rings (SSSR count). The number of likely N-dealkylation sites (tertiary alicyclic amines) is 1. The Hall–Kier alpha value is -2.08. The number of ether oxygens (including phenoxy) is 1. The second kappa shape index (κ2) is 7.66. The third kappa shape index (κ3) is 3.87. The van der Waals surface area contributed by atoms with Gasteiger partial charge in [0, 0.05) is 19.0 Å². The van der Waals surface area contributed by atoms with Gasteiger partial charge in [0.2, 0.25) is 11.8 Å². The van der Waals surface area contributed by atoms with Crippen LogP contribution >= 0.6 is 11.6 Å². The highest BCUT2D eigenvalue weighted by Gasteiger charge is 2.36. The monoisotopic (exact) mass is 352 g/mol. The zero-order valence-electron chi connectivity index (χ0n) is 14.0. The van der Waals surface area contributed by atoms with Crippen LogP contribution in [0.15, 0.2) is 18.2 Å². The van der Waals surface area contributed by atoms with Crippen LogP contribution < -0.4 is 5.32 Å². The minimum absolute atomic E-state index is 0.0149. The molecule has 1 aromatic rings. The molecule has 0 aliphatic carbocycles. The van der Waals surface area contributed by atoms with E-state index in [2.05, 4.69) is 10.1 Å². The smallest absolute Gasteiger partial charge is 0.337 e. The molecule has 0 saturated carbocycles. The highest BCUT2D eigenvalue weighted by Crippen LogP contribution is 2.27. The Bertz CT molecular complexity index is 662. The number of hydrogen-bond donors (Lipinski definition) is 1. The largest absolute Gasteiger partial charge is 0.465 e. The fourth-order valence-corrected chi connectivity index (χ4v) is 2.82. The predicted octanol–water partition coefficient (Wildman–Crippen LogP) is 2.71. The average molecular weight is 353 g/mol. The van der Waals surface area contributed by atoms with E-state index in [9.17, 15) is 14.4 Å². The summed E-state index contributed by atoms with van der Waals surface area (Å²) in [5.41, 5.74) is 0.625. The van der Waals surface area contributed by atoms with Crippen LogP contribution in [-0.4, -0.2) is 42.4 Å². The van der Waals surface area contributed by atoms with Gasteiger partial charge < -0.3 is 15.0 Å². The van der Waals surface area contributed by atoms with E-state index in [-0.39, 0.29) is 24.3 Å². The zero-order valence-corrected chi connectivity index (χ0v) is 14.7. The van der Waals surface area contributed by atoms with E-state index < -0.39 is 11.9 Å². The molecule has 130 valence electrons. The number of anilines is 1. The van der Waals surface area contributed by atoms with Gasteiger partial charge in [-0.2, -0.15) is 0 Å². The van der Waals surface area contributed by atoms with E-state index in [1.54, 1.807) is 4.90 Å². The Kier molecular flexibility index (Phi) is 5.83. The number of halogens is 1. The number of benzene rings is 1. The van der Waals surface area contributed by atoms with Gasteiger partial charge in [0.25, 0.3) is 0 Å². The molecule has 2 unspecified atom stereocenters. The average Bonchev–Trinajstić information content (AvgIpc) is 2.97. The van der Waals surface area contributed by atoms with Crippen LogP contribution in [0.1, 0.15) is 37.0 Å². The topological polar surface area (TPSA) is 75.7 Å². The van der Waals surface area contributed by atoms with Crippen LogP contribution in [-0.2, 0) is 14.3 Å². The summed E-state index contributed by atoms with van der Waals surface area (Å²) in [7, 11) is 1.28. The third-order valence-corrected chi connectivity index (χ3v) is 4.63. The molecule has 6 nitrogen and oxygen atoms in total. The van der Waals surface area contributed by atoms with Gasteiger partial charge in [-0.05, 0) is 31.5 Å². The molecule has 0 radical (unpaired) electrons. The van der Waals surface area contributed by atoms with Gasteiger partial charge in [0.1, 0.15) is 0 Å². The third-order valence-electron chi connectivity index (χ3n) is 4.30. The Morgan fingerprint density at radius 3 is 2.79 bits per heavy atom. The standard InChI is InChI=1S/C17H21ClN2O4/c1-4-10(2)20-9-12(8-15(20)21)16(22)19-14-7-11(17(23)24-3)5-6-13(14)18/h5-7,10,12H,4,8-9H2,1-3H3,(H,19,22). The molecule has 0 spiro atoms. The Balaban J connectivity index is 2.10. The van der Waals surface area contributed by atoms with Gasteiger partial charge in [-0.15, -0.1) is 0 Å². The first-order valence-electron chi connectivity index (χ1n) is 7.85. The van der Waals surface area contributed by atoms with E-state index >= 15 is 0 Å². The van der Waals surface area contributed by atoms with Crippen molar-refractivity contribution in [3.8, 4) is 0 Å². The second-order valence-electron chi connectivity index (χ2n) is 5.88. The number of methoxy groups -OCH3 is 1. The molecular formula is C17H21ClN2O4. The zero-order chi connectivity index (χ0) is 17.9. The molecule has 1 fully saturated rings. The second-order valence-corrected chi connectivity index (χ2v) is 6.29. The quantitative estimate of drug-likeness (QED) is 0.827. The lowest BCUT2D eigenvalue weighted by atomic mass is 10.1. The van der Waals surface area contributed by atoms with Gasteiger partial charge in [-0.3, -0.25) is 9.59 Å². The number of amides is 2. The van der Waals surface area contributed by atoms with Crippen molar-refractivity contribution in [2.45, 2.75) is 32.7 Å². The maximum atomic E-state index is 12.5. The van der Waals surface area contributed by atoms with Gasteiger partial charge >= 0.3 is 5.97 Å². The van der Waals surface area contributed by atoms with Crippen LogP contribution in [0.2, 0.25) is 5.02 Å². The number of esters is 1. The number of carbonyl (C=O) groups excluding carboxylic acids is 3. The summed E-state index contributed by atoms with van der Waals surface area (Å²) < 4.78 is 4.66. The van der Waals surface area contributed by atoms with Crippen molar-refractivity contribution < 1.29 is 19.1 Å². The molecule has 1 N–H and O–H groups in total. The van der Waals surface area contributed by atoms with Crippen molar-refractivity contribution in [2.24, 2.45) is 5.92 Å². The number of nitrogens with zero attached hydrogens (tertiary/aromatic N) is 1. The Morgan fingerprint density at radius 1 is 1.46 bits per heavy atom. The molecule has 0 aromatic heterocycles. The summed E-state index contributed by atoms with van der Waals surface area (Å²) in [5.74, 6) is -1.23. The highest BCUT2D eigenvalue weighted by atomic mass is 35.5. The molecule has 2 amide bonds. The van der Waals surface area contributed by atoms with Crippen molar-refractivity contribution in [2.75, 3.05) is 19.0 Å². The first kappa shape index (κ1) is 18.3. The Labute approximate surface area is 146 Å². The molecule has 1 aliphatic heterocycles. The number of rotatable bonds is 5. The van der Waals surface area contributed by atoms with E-state index in [1.807, 2.05) is 13.8 Å². The van der Waals surface area contributed by atoms with Gasteiger partial charge in [0.15, 0.2) is 0 Å². The molecule has 7 heteroatoms. The minimum atomic E-state index is -0.513. The van der Waals surface area contributed by atoms with Crippen molar-refractivity contribution in [1.82, 2.24) is 4.90 Å². The summed E-state index contributed by atoms with van der Waals surface area (Å²) in [6, 6.07) is 4.62. The lowest BCUT2D eigenvalue weighted by molar-refractivity contribution is -0.129. The van der Waals surface area contributed by atoms with Gasteiger partial charge in [-0.25, -0.2) is 4.79 Å². The molecule has 1 aliphatic rings. The van der Waals surface area contributed by atoms with E-state index in [4.69, 9.17) is 11.6 Å². The number of nitrogens with one attached hydrogen (secondary N) is 1. The summed E-state index contributed by atoms with van der Waals surface area (Å²) in [4.78, 5) is 37.8. The lowest BCUT2D eigenvalue weighted by Gasteiger charge is -2.23. The molecule has 0 bridgehead atoms. The van der Waals surface area contributed by atoms with E-state index in [1.165, 1.54) is 25.3 Å². The van der Waals surface area contributed by atoms with Gasteiger partial charge in [-0.1, -0.05) is 18.5 Å². The summed E-state index contributed by atoms with van der Waals surface area (Å²) in [6.45, 7) is 4.37. The van der Waals surface area contributed by atoms with E-state index in [0.29, 0.717) is 22.8 Å². The van der Waals surface area contributed by atoms with Crippen LogP contribution in [0.25, 0.3) is 0 Å². The maximum Gasteiger partial charge on any atom is 0.337 e. The molecule has 1 saturated heterocycles. The van der Waals surface area contributed by atoms with E-state index in [0.717, 1.165) is 6.42 Å². The van der Waals surface area contributed by atoms with Crippen molar-refractivity contribution >= 4 is 35.1 Å². The van der Waals surface area contributed by atoms with Crippen molar-refractivity contribution in [3.05, 3.63) is 28.8 Å². The SMILES string of the molecule is CCC(C)N1CC(C(=O)Nc2cc(C(=O)OC)ccc2Cl)CC1=O. The number of hydrogen-bond acceptors (Lipinski definition) is 4. The molecule has 2 atom stereocenters. The lowest BCUT2D eigenvalue weighted by Crippen LogP contribution is -2.35. The molecule has 24 heavy (non-hydrogen) atoms. The van der Waals surface area contributed by atoms with Crippen molar-refractivity contribution in [3.63, 3.8) is 0 Å². The Morgan fingerprint density at radius 2 is 2.17 bits per heavy atom. The minimum Gasteiger partial charge on any atom is -0.465 e. The normalized spacial score (nSPS) is 18.4. The van der Waals surface area contributed by atoms with Crippen molar-refractivity contribution in [1.29, 1.82) is 0 Å². The molecular weight excluding hydrogens is 332 g/mol. The maximum absolute atomic E-state index is 12.5. The first-order valence-corrected chi connectivity index (χ1v) is 8.23. The van der Waals surface area contributed by atoms with Gasteiger partial charge in [0.05, 0.1) is 29.3 Å². The molecule has 1 heterocycles. The summed E-state index contributed by atoms with van der Waals surface area (Å²) in [6.07, 6.45) is 1.03. The fraction of sp³-hybridized carbons (Fsp3) is 0.471. The summed E-state index contributed by atoms with van der Waals surface area (Å²) in [5, 5.41) is 3.03. The van der Waals surface area contributed by atoms with Crippen LogP contribution in [0.3, 0.4) is 0 Å². The van der Waals surface area contributed by atoms with Crippen LogP contribution in [0.5, 0.6) is 0 Å². The molecule has 1 aromatic carbocycles. The summed E-state index contributed by atoms with van der Waals surface area (Å²) >= 11 is 6.08. The number of carbonyl (C=O) groups is 3. The van der Waals surface area contributed by atoms with Crippen LogP contribution in [0, 0.1) is 5.92 Å². The fourth-order valence-electron chi connectivity index (χ4n) is 2.65. The highest BCUT2D eigenvalue weighted by molar-refractivity contribution is 6.33. The predicted molar refractivity (Wildman–Crippen MR) is 91.0 cm³/mol. The van der Waals surface area contributed by atoms with Crippen LogP contribution in [0.4, 0.5) is 5.69 Å². The first-order chi connectivity index (χ1) is 11.4.